The molecule has 2 heterocycles. The van der Waals surface area contributed by atoms with Crippen molar-refractivity contribution >= 4 is 12.2 Å². The summed E-state index contributed by atoms with van der Waals surface area (Å²) in [5.41, 5.74) is 1.78. The number of methoxy groups -OCH3 is 2. The molecule has 2 aliphatic rings. The van der Waals surface area contributed by atoms with E-state index in [-0.39, 0.29) is 5.91 Å². The van der Waals surface area contributed by atoms with Gasteiger partial charge in [0.15, 0.2) is 11.5 Å². The number of hydrogen-bond donors (Lipinski definition) is 0. The largest absolute Gasteiger partial charge is 0.493 e. The summed E-state index contributed by atoms with van der Waals surface area (Å²) < 4.78 is 10.8. The number of rotatable bonds is 6. The minimum atomic E-state index is -0.465. The van der Waals surface area contributed by atoms with Gasteiger partial charge in [0.05, 0.1) is 19.8 Å². The lowest BCUT2D eigenvalue weighted by atomic mass is 9.78. The molecule has 1 atom stereocenters. The van der Waals surface area contributed by atoms with Crippen molar-refractivity contribution in [3.8, 4) is 11.5 Å². The summed E-state index contributed by atoms with van der Waals surface area (Å²) in [5, 5.41) is 0. The first-order valence-electron chi connectivity index (χ1n) is 7.86. The van der Waals surface area contributed by atoms with Gasteiger partial charge in [0.1, 0.15) is 6.29 Å². The first kappa shape index (κ1) is 15.6. The molecule has 0 spiro atoms. The summed E-state index contributed by atoms with van der Waals surface area (Å²) >= 11 is 0. The summed E-state index contributed by atoms with van der Waals surface area (Å²) in [4.78, 5) is 24.9. The zero-order chi connectivity index (χ0) is 16.4. The molecule has 0 fully saturated rings. The van der Waals surface area contributed by atoms with Gasteiger partial charge in [-0.2, -0.15) is 0 Å². The third-order valence-electron chi connectivity index (χ3n) is 4.81. The van der Waals surface area contributed by atoms with Crippen LogP contribution in [0.5, 0.6) is 11.5 Å². The average Bonchev–Trinajstić information content (AvgIpc) is 2.91. The van der Waals surface area contributed by atoms with Gasteiger partial charge >= 0.3 is 0 Å². The summed E-state index contributed by atoms with van der Waals surface area (Å²) in [6, 6.07) is 3.98. The van der Waals surface area contributed by atoms with Crippen LogP contribution in [0.1, 0.15) is 30.4 Å². The molecule has 2 aliphatic heterocycles. The van der Waals surface area contributed by atoms with Crippen molar-refractivity contribution in [3.63, 3.8) is 0 Å². The van der Waals surface area contributed by atoms with Gasteiger partial charge in [-0.15, -0.1) is 0 Å². The van der Waals surface area contributed by atoms with Gasteiger partial charge in [0.25, 0.3) is 0 Å². The number of amides is 1. The molecule has 1 amide bonds. The second kappa shape index (κ2) is 6.07. The molecule has 0 aliphatic carbocycles. The van der Waals surface area contributed by atoms with Gasteiger partial charge in [0, 0.05) is 19.0 Å². The molecule has 3 rings (SSSR count). The van der Waals surface area contributed by atoms with Crippen LogP contribution in [0.4, 0.5) is 0 Å². The molecular weight excluding hydrogens is 294 g/mol. The van der Waals surface area contributed by atoms with Crippen LogP contribution < -0.4 is 9.47 Å². The standard InChI is InChI=1S/C18H21NO4/c1-22-15-11-13-6-9-19-17(21)5-8-18(19,7-3-4-10-20)14(13)12-16(15)23-2/h5,8,10-12H,3-4,6-7,9H2,1-2H3/t18-/m1/s1. The van der Waals surface area contributed by atoms with Crippen LogP contribution >= 0.6 is 0 Å². The SMILES string of the molecule is COc1cc2c(cc1OC)[C@@]1(CCCC=O)C=CC(=O)N1CC2. The fourth-order valence-corrected chi connectivity index (χ4v) is 3.70. The van der Waals surface area contributed by atoms with Crippen LogP contribution in [-0.4, -0.2) is 37.9 Å². The van der Waals surface area contributed by atoms with Crippen molar-refractivity contribution in [1.29, 1.82) is 0 Å². The van der Waals surface area contributed by atoms with E-state index in [0.29, 0.717) is 24.5 Å². The third kappa shape index (κ3) is 2.40. The number of ether oxygens (including phenoxy) is 2. The number of carbonyl (C=O) groups excluding carboxylic acids is 2. The average molecular weight is 315 g/mol. The van der Waals surface area contributed by atoms with Crippen molar-refractivity contribution in [3.05, 3.63) is 35.4 Å². The molecule has 0 bridgehead atoms. The molecule has 0 N–H and O–H groups in total. The van der Waals surface area contributed by atoms with Gasteiger partial charge in [-0.1, -0.05) is 0 Å². The zero-order valence-corrected chi connectivity index (χ0v) is 13.5. The summed E-state index contributed by atoms with van der Waals surface area (Å²) in [5.74, 6) is 1.41. The third-order valence-corrected chi connectivity index (χ3v) is 4.81. The highest BCUT2D eigenvalue weighted by molar-refractivity contribution is 5.92. The van der Waals surface area contributed by atoms with Crippen molar-refractivity contribution in [2.24, 2.45) is 0 Å². The number of aldehydes is 1. The molecule has 0 aromatic heterocycles. The first-order valence-corrected chi connectivity index (χ1v) is 7.86. The van der Waals surface area contributed by atoms with Crippen LogP contribution in [0.25, 0.3) is 0 Å². The molecule has 1 aromatic rings. The quantitative estimate of drug-likeness (QED) is 0.597. The number of unbranched alkanes of at least 4 members (excludes halogenated alkanes) is 1. The van der Waals surface area contributed by atoms with Gasteiger partial charge in [-0.05, 0) is 48.6 Å². The maximum atomic E-state index is 12.2. The Balaban J connectivity index is 2.09. The van der Waals surface area contributed by atoms with Crippen LogP contribution in [0, 0.1) is 0 Å². The van der Waals surface area contributed by atoms with Crippen LogP contribution in [-0.2, 0) is 21.5 Å². The van der Waals surface area contributed by atoms with Crippen molar-refractivity contribution < 1.29 is 19.1 Å². The Kier molecular flexibility index (Phi) is 4.11. The van der Waals surface area contributed by atoms with E-state index >= 15 is 0 Å². The molecule has 122 valence electrons. The number of nitrogens with zero attached hydrogens (tertiary/aromatic N) is 1. The van der Waals surface area contributed by atoms with E-state index in [1.807, 2.05) is 23.1 Å². The molecule has 5 nitrogen and oxygen atoms in total. The Labute approximate surface area is 135 Å². The van der Waals surface area contributed by atoms with Crippen molar-refractivity contribution in [1.82, 2.24) is 4.90 Å². The lowest BCUT2D eigenvalue weighted by Gasteiger charge is -2.43. The van der Waals surface area contributed by atoms with Crippen molar-refractivity contribution in [2.45, 2.75) is 31.2 Å². The maximum absolute atomic E-state index is 12.2. The van der Waals surface area contributed by atoms with E-state index in [0.717, 1.165) is 31.1 Å². The normalized spacial score (nSPS) is 21.8. The first-order chi connectivity index (χ1) is 11.2. The minimum Gasteiger partial charge on any atom is -0.493 e. The summed E-state index contributed by atoms with van der Waals surface area (Å²) in [6.45, 7) is 0.676. The van der Waals surface area contributed by atoms with Gasteiger partial charge in [-0.3, -0.25) is 4.79 Å². The van der Waals surface area contributed by atoms with E-state index in [4.69, 9.17) is 9.47 Å². The maximum Gasteiger partial charge on any atom is 0.247 e. The second-order valence-corrected chi connectivity index (χ2v) is 5.92. The van der Waals surface area contributed by atoms with Crippen LogP contribution in [0.3, 0.4) is 0 Å². The fourth-order valence-electron chi connectivity index (χ4n) is 3.70. The van der Waals surface area contributed by atoms with E-state index in [1.165, 1.54) is 5.56 Å². The smallest absolute Gasteiger partial charge is 0.247 e. The van der Waals surface area contributed by atoms with Crippen LogP contribution in [0.2, 0.25) is 0 Å². The van der Waals surface area contributed by atoms with E-state index < -0.39 is 5.54 Å². The minimum absolute atomic E-state index is 0.0385. The van der Waals surface area contributed by atoms with E-state index in [9.17, 15) is 9.59 Å². The predicted molar refractivity (Wildman–Crippen MR) is 85.7 cm³/mol. The molecular formula is C18H21NO4. The Morgan fingerprint density at radius 1 is 1.26 bits per heavy atom. The second-order valence-electron chi connectivity index (χ2n) is 5.92. The lowest BCUT2D eigenvalue weighted by Crippen LogP contribution is -2.48. The molecule has 0 saturated heterocycles. The molecule has 23 heavy (non-hydrogen) atoms. The lowest BCUT2D eigenvalue weighted by molar-refractivity contribution is -0.129. The van der Waals surface area contributed by atoms with E-state index in [1.54, 1.807) is 20.3 Å². The van der Waals surface area contributed by atoms with Gasteiger partial charge in [0.2, 0.25) is 5.91 Å². The Morgan fingerprint density at radius 3 is 2.70 bits per heavy atom. The fraction of sp³-hybridized carbons (Fsp3) is 0.444. The van der Waals surface area contributed by atoms with Crippen molar-refractivity contribution in [2.75, 3.05) is 20.8 Å². The highest BCUT2D eigenvalue weighted by atomic mass is 16.5. The topological polar surface area (TPSA) is 55.8 Å². The zero-order valence-electron chi connectivity index (χ0n) is 13.5. The number of hydrogen-bond acceptors (Lipinski definition) is 4. The predicted octanol–water partition coefficient (Wildman–Crippen LogP) is 2.22. The van der Waals surface area contributed by atoms with Gasteiger partial charge in [-0.25, -0.2) is 0 Å². The summed E-state index contributed by atoms with van der Waals surface area (Å²) in [6.07, 6.45) is 7.32. The Morgan fingerprint density at radius 2 is 2.00 bits per heavy atom. The molecule has 0 saturated carbocycles. The molecule has 1 aromatic carbocycles. The number of carbonyl (C=O) groups is 2. The molecule has 0 unspecified atom stereocenters. The molecule has 5 heteroatoms. The monoisotopic (exact) mass is 315 g/mol. The number of benzene rings is 1. The highest BCUT2D eigenvalue weighted by Crippen LogP contribution is 2.47. The van der Waals surface area contributed by atoms with Crippen LogP contribution in [0.15, 0.2) is 24.3 Å². The highest BCUT2D eigenvalue weighted by Gasteiger charge is 2.46. The number of fused-ring (bicyclic) bond motifs is 3. The summed E-state index contributed by atoms with van der Waals surface area (Å²) in [7, 11) is 3.23. The Bertz CT molecular complexity index is 667. The Hall–Kier alpha value is -2.30. The van der Waals surface area contributed by atoms with E-state index in [2.05, 4.69) is 0 Å². The molecule has 0 radical (unpaired) electrons. The van der Waals surface area contributed by atoms with Gasteiger partial charge < -0.3 is 19.2 Å².